The number of hydrogen-bond donors (Lipinski definition) is 3. The molecule has 0 saturated heterocycles. The predicted octanol–water partition coefficient (Wildman–Crippen LogP) is 5.72. The van der Waals surface area contributed by atoms with Crippen molar-refractivity contribution in [3.63, 3.8) is 0 Å². The number of fused-ring (bicyclic) bond motifs is 1. The van der Waals surface area contributed by atoms with Crippen molar-refractivity contribution in [3.8, 4) is 11.1 Å². The van der Waals surface area contributed by atoms with E-state index in [0.717, 1.165) is 53.0 Å². The van der Waals surface area contributed by atoms with E-state index in [1.807, 2.05) is 19.2 Å². The maximum Gasteiger partial charge on any atom is 0.123 e. The van der Waals surface area contributed by atoms with Gasteiger partial charge in [-0.1, -0.05) is 18.7 Å². The van der Waals surface area contributed by atoms with Gasteiger partial charge in [0.2, 0.25) is 0 Å². The number of aryl methyl sites for hydroxylation is 2. The van der Waals surface area contributed by atoms with Gasteiger partial charge in [0.25, 0.3) is 0 Å². The van der Waals surface area contributed by atoms with Gasteiger partial charge in [-0.05, 0) is 74.7 Å². The largest absolute Gasteiger partial charge is 0.513 e. The van der Waals surface area contributed by atoms with Gasteiger partial charge in [-0.3, -0.25) is 0 Å². The Hall–Kier alpha value is -2.79. The second-order valence-corrected chi connectivity index (χ2v) is 7.75. The van der Waals surface area contributed by atoms with E-state index >= 15 is 0 Å². The van der Waals surface area contributed by atoms with Crippen molar-refractivity contribution in [1.29, 1.82) is 0 Å². The van der Waals surface area contributed by atoms with E-state index in [9.17, 15) is 9.50 Å². The van der Waals surface area contributed by atoms with Crippen LogP contribution in [0, 0.1) is 19.7 Å². The second-order valence-electron chi connectivity index (χ2n) is 7.75. The van der Waals surface area contributed by atoms with Crippen LogP contribution in [-0.2, 0) is 13.0 Å². The molecule has 4 nitrogen and oxygen atoms in total. The van der Waals surface area contributed by atoms with Gasteiger partial charge in [-0.25, -0.2) is 4.39 Å². The Bertz CT molecular complexity index is 1050. The molecule has 0 amide bonds. The molecule has 0 aliphatic heterocycles. The van der Waals surface area contributed by atoms with E-state index in [0.29, 0.717) is 12.8 Å². The highest BCUT2D eigenvalue weighted by atomic mass is 19.1. The van der Waals surface area contributed by atoms with Crippen LogP contribution < -0.4 is 10.6 Å². The highest BCUT2D eigenvalue weighted by molar-refractivity contribution is 6.05. The van der Waals surface area contributed by atoms with Gasteiger partial charge in [0.05, 0.1) is 17.0 Å². The third kappa shape index (κ3) is 4.21. The molecule has 30 heavy (non-hydrogen) atoms. The Balaban J connectivity index is 2.35. The van der Waals surface area contributed by atoms with Crippen LogP contribution in [0.5, 0.6) is 0 Å². The van der Waals surface area contributed by atoms with Crippen molar-refractivity contribution in [1.82, 2.24) is 9.88 Å². The number of nitrogens with one attached hydrogen (secondary N) is 2. The van der Waals surface area contributed by atoms with Gasteiger partial charge >= 0.3 is 0 Å². The van der Waals surface area contributed by atoms with Gasteiger partial charge < -0.3 is 20.3 Å². The maximum atomic E-state index is 13.6. The van der Waals surface area contributed by atoms with Crippen molar-refractivity contribution < 1.29 is 9.50 Å². The molecule has 0 spiro atoms. The summed E-state index contributed by atoms with van der Waals surface area (Å²) >= 11 is 0. The molecule has 0 aliphatic rings. The van der Waals surface area contributed by atoms with Gasteiger partial charge in [-0.15, -0.1) is 0 Å². The van der Waals surface area contributed by atoms with Crippen LogP contribution in [0.3, 0.4) is 0 Å². The third-order valence-corrected chi connectivity index (χ3v) is 5.73. The van der Waals surface area contributed by atoms with Gasteiger partial charge in [0, 0.05) is 37.1 Å². The van der Waals surface area contributed by atoms with E-state index in [-0.39, 0.29) is 11.6 Å². The number of rotatable bonds is 9. The topological polar surface area (TPSA) is 49.2 Å². The molecule has 1 aromatic heterocycles. The number of hydrogen-bond acceptors (Lipinski definition) is 3. The van der Waals surface area contributed by atoms with Gasteiger partial charge in [-0.2, -0.15) is 0 Å². The molecule has 0 bridgehead atoms. The number of allylic oxidation sites excluding steroid dienone is 1. The van der Waals surface area contributed by atoms with E-state index < -0.39 is 0 Å². The zero-order valence-corrected chi connectivity index (χ0v) is 18.4. The number of likely N-dealkylation sites (N-methyl/N-ethyl adjacent to an activating group) is 1. The lowest BCUT2D eigenvalue weighted by atomic mass is 9.88. The SMILES string of the molecule is C=C(O)CCc1c(C)c(NCCNC)c2c(cc(C)n2CC)c1-c1ccc(F)cc1. The summed E-state index contributed by atoms with van der Waals surface area (Å²) in [7, 11) is 1.94. The molecule has 3 N–H and O–H groups in total. The second kappa shape index (κ2) is 9.35. The van der Waals surface area contributed by atoms with Crippen molar-refractivity contribution in [3.05, 3.63) is 65.3 Å². The molecule has 0 fully saturated rings. The summed E-state index contributed by atoms with van der Waals surface area (Å²) in [6.07, 6.45) is 1.16. The van der Waals surface area contributed by atoms with Crippen LogP contribution in [0.15, 0.2) is 42.7 Å². The van der Waals surface area contributed by atoms with Crippen molar-refractivity contribution >= 4 is 16.6 Å². The first-order chi connectivity index (χ1) is 14.4. The Morgan fingerprint density at radius 3 is 2.47 bits per heavy atom. The minimum absolute atomic E-state index is 0.173. The first kappa shape index (κ1) is 21.9. The number of aromatic nitrogens is 1. The van der Waals surface area contributed by atoms with Crippen LogP contribution in [0.2, 0.25) is 0 Å². The Labute approximate surface area is 178 Å². The fourth-order valence-electron chi connectivity index (χ4n) is 4.28. The summed E-state index contributed by atoms with van der Waals surface area (Å²) in [6, 6.07) is 8.92. The van der Waals surface area contributed by atoms with E-state index in [2.05, 4.69) is 48.6 Å². The first-order valence-electron chi connectivity index (χ1n) is 10.5. The molecular formula is C25H32FN3O. The smallest absolute Gasteiger partial charge is 0.123 e. The summed E-state index contributed by atoms with van der Waals surface area (Å²) in [5, 5.41) is 17.7. The summed E-state index contributed by atoms with van der Waals surface area (Å²) in [5.74, 6) is -0.0729. The summed E-state index contributed by atoms with van der Waals surface area (Å²) < 4.78 is 16.0. The number of halogens is 1. The third-order valence-electron chi connectivity index (χ3n) is 5.73. The number of benzene rings is 2. The monoisotopic (exact) mass is 409 g/mol. The van der Waals surface area contributed by atoms with E-state index in [1.165, 1.54) is 23.3 Å². The summed E-state index contributed by atoms with van der Waals surface area (Å²) in [4.78, 5) is 0. The molecule has 0 unspecified atom stereocenters. The fourth-order valence-corrected chi connectivity index (χ4v) is 4.28. The fraction of sp³-hybridized carbons (Fsp3) is 0.360. The zero-order chi connectivity index (χ0) is 21.8. The number of nitrogens with zero attached hydrogens (tertiary/aromatic N) is 1. The Kier molecular flexibility index (Phi) is 6.83. The molecule has 0 radical (unpaired) electrons. The molecule has 3 rings (SSSR count). The molecule has 160 valence electrons. The molecule has 3 aromatic rings. The highest BCUT2D eigenvalue weighted by Gasteiger charge is 2.22. The van der Waals surface area contributed by atoms with Gasteiger partial charge in [0.1, 0.15) is 5.82 Å². The summed E-state index contributed by atoms with van der Waals surface area (Å²) in [6.45, 7) is 12.6. The average Bonchev–Trinajstić information content (AvgIpc) is 3.04. The number of anilines is 1. The minimum Gasteiger partial charge on any atom is -0.513 e. The number of aliphatic hydroxyl groups is 1. The van der Waals surface area contributed by atoms with Crippen LogP contribution >= 0.6 is 0 Å². The van der Waals surface area contributed by atoms with Crippen molar-refractivity contribution in [2.24, 2.45) is 0 Å². The first-order valence-corrected chi connectivity index (χ1v) is 10.5. The molecule has 1 heterocycles. The maximum absolute atomic E-state index is 13.6. The van der Waals surface area contributed by atoms with E-state index in [1.54, 1.807) is 0 Å². The Morgan fingerprint density at radius 2 is 1.87 bits per heavy atom. The average molecular weight is 410 g/mol. The lowest BCUT2D eigenvalue weighted by molar-refractivity contribution is 0.391. The normalized spacial score (nSPS) is 11.2. The lowest BCUT2D eigenvalue weighted by Gasteiger charge is -2.22. The molecule has 5 heteroatoms. The lowest BCUT2D eigenvalue weighted by Crippen LogP contribution is -2.19. The predicted molar refractivity (Wildman–Crippen MR) is 125 cm³/mol. The van der Waals surface area contributed by atoms with E-state index in [4.69, 9.17) is 0 Å². The van der Waals surface area contributed by atoms with Gasteiger partial charge in [0.15, 0.2) is 0 Å². The standard InChI is InChI=1S/C25H32FN3O/c1-6-29-16(2)15-22-23(19-8-10-20(26)11-9-19)21(12-7-17(3)30)18(4)24(25(22)29)28-14-13-27-5/h8-11,15,27-28,30H,3,6-7,12-14H2,1-2,4-5H3. The quantitative estimate of drug-likeness (QED) is 0.313. The van der Waals surface area contributed by atoms with Crippen molar-refractivity contribution in [2.75, 3.05) is 25.5 Å². The van der Waals surface area contributed by atoms with Crippen molar-refractivity contribution in [2.45, 2.75) is 40.2 Å². The zero-order valence-electron chi connectivity index (χ0n) is 18.4. The summed E-state index contributed by atoms with van der Waals surface area (Å²) in [5.41, 5.74) is 7.90. The van der Waals surface area contributed by atoms with Crippen LogP contribution in [0.4, 0.5) is 10.1 Å². The number of aliphatic hydroxyl groups excluding tert-OH is 1. The molecule has 2 aromatic carbocycles. The van der Waals surface area contributed by atoms with Crippen LogP contribution in [0.1, 0.15) is 30.2 Å². The van der Waals surface area contributed by atoms with Crippen LogP contribution in [-0.4, -0.2) is 29.8 Å². The molecule has 0 saturated carbocycles. The molecular weight excluding hydrogens is 377 g/mol. The molecule has 0 aliphatic carbocycles. The van der Waals surface area contributed by atoms with Crippen LogP contribution in [0.25, 0.3) is 22.0 Å². The molecule has 0 atom stereocenters. The minimum atomic E-state index is -0.246. The highest BCUT2D eigenvalue weighted by Crippen LogP contribution is 2.42. The Morgan fingerprint density at radius 1 is 1.17 bits per heavy atom.